The molecule has 1 amide bonds. The fourth-order valence-electron chi connectivity index (χ4n) is 3.53. The predicted molar refractivity (Wildman–Crippen MR) is 94.2 cm³/mol. The highest BCUT2D eigenvalue weighted by atomic mass is 16.5. The number of nitrogens with zero attached hydrogens (tertiary/aromatic N) is 2. The van der Waals surface area contributed by atoms with E-state index in [9.17, 15) is 9.59 Å². The number of aromatic amines is 1. The van der Waals surface area contributed by atoms with Crippen molar-refractivity contribution < 1.29 is 9.53 Å². The number of nitrogens with one attached hydrogen (secondary N) is 2. The molecule has 7 heteroatoms. The number of benzene rings is 1. The number of fused-ring (bicyclic) bond motifs is 1. The maximum atomic E-state index is 12.8. The monoisotopic (exact) mass is 340 g/mol. The highest BCUT2D eigenvalue weighted by molar-refractivity contribution is 5.94. The summed E-state index contributed by atoms with van der Waals surface area (Å²) in [5, 5.41) is 2.77. The summed E-state index contributed by atoms with van der Waals surface area (Å²) in [6, 6.07) is 7.84. The second-order valence-corrected chi connectivity index (χ2v) is 6.41. The van der Waals surface area contributed by atoms with E-state index < -0.39 is 0 Å². The van der Waals surface area contributed by atoms with Crippen LogP contribution >= 0.6 is 0 Å². The van der Waals surface area contributed by atoms with E-state index in [1.807, 2.05) is 36.1 Å². The second kappa shape index (κ2) is 6.33. The number of rotatable bonds is 2. The lowest BCUT2D eigenvalue weighted by Gasteiger charge is -2.30. The van der Waals surface area contributed by atoms with E-state index in [1.165, 1.54) is 0 Å². The van der Waals surface area contributed by atoms with Crippen molar-refractivity contribution in [1.29, 1.82) is 0 Å². The van der Waals surface area contributed by atoms with E-state index >= 15 is 0 Å². The van der Waals surface area contributed by atoms with Crippen LogP contribution in [-0.4, -0.2) is 42.2 Å². The van der Waals surface area contributed by atoms with Crippen LogP contribution in [0.25, 0.3) is 0 Å². The Hall–Kier alpha value is -2.67. The first-order valence-corrected chi connectivity index (χ1v) is 8.46. The molecule has 1 atom stereocenters. The van der Waals surface area contributed by atoms with Crippen molar-refractivity contribution in [3.05, 3.63) is 51.3 Å². The molecule has 1 aromatic heterocycles. The van der Waals surface area contributed by atoms with Gasteiger partial charge in [0.25, 0.3) is 5.56 Å². The number of hydrogen-bond donors (Lipinski definition) is 2. The Balaban J connectivity index is 1.80. The minimum absolute atomic E-state index is 0.119. The molecular formula is C18H20N4O3. The minimum atomic E-state index is -0.278. The molecule has 4 rings (SSSR count). The van der Waals surface area contributed by atoms with Crippen molar-refractivity contribution in [3.63, 3.8) is 0 Å². The van der Waals surface area contributed by atoms with Gasteiger partial charge in [-0.25, -0.2) is 0 Å². The van der Waals surface area contributed by atoms with Crippen LogP contribution in [0.1, 0.15) is 29.0 Å². The number of H-pyrrole nitrogens is 1. The van der Waals surface area contributed by atoms with Crippen LogP contribution in [0.4, 0.5) is 11.8 Å². The fourth-order valence-corrected chi connectivity index (χ4v) is 3.53. The smallest absolute Gasteiger partial charge is 0.258 e. The molecule has 1 fully saturated rings. The minimum Gasteiger partial charge on any atom is -0.378 e. The van der Waals surface area contributed by atoms with Gasteiger partial charge in [0.2, 0.25) is 11.9 Å². The third kappa shape index (κ3) is 2.91. The first kappa shape index (κ1) is 15.8. The number of anilines is 2. The molecule has 3 heterocycles. The van der Waals surface area contributed by atoms with Crippen LogP contribution in [0.15, 0.2) is 29.1 Å². The number of carbonyl (C=O) groups excluding carboxylic acids is 1. The van der Waals surface area contributed by atoms with Gasteiger partial charge in [-0.1, -0.05) is 24.3 Å². The third-order valence-electron chi connectivity index (χ3n) is 4.81. The number of aryl methyl sites for hydroxylation is 1. The van der Waals surface area contributed by atoms with Gasteiger partial charge in [0, 0.05) is 25.4 Å². The van der Waals surface area contributed by atoms with Crippen molar-refractivity contribution in [2.75, 3.05) is 36.5 Å². The number of amides is 1. The second-order valence-electron chi connectivity index (χ2n) is 6.41. The van der Waals surface area contributed by atoms with Gasteiger partial charge in [-0.15, -0.1) is 0 Å². The van der Waals surface area contributed by atoms with E-state index in [0.717, 1.165) is 11.1 Å². The largest absolute Gasteiger partial charge is 0.378 e. The molecule has 2 N–H and O–H groups in total. The maximum absolute atomic E-state index is 12.8. The van der Waals surface area contributed by atoms with E-state index in [4.69, 9.17) is 4.74 Å². The quantitative estimate of drug-likeness (QED) is 0.863. The standard InChI is InChI=1S/C18H20N4O3/c1-11-4-2-3-5-12(11)13-10-14(23)19-16-15(13)17(24)21-18(20-16)22-6-8-25-9-7-22/h2-5,13H,6-10H2,1H3,(H2,19,20,21,23,24)/t13-/m1/s1. The normalized spacial score (nSPS) is 20.1. The summed E-state index contributed by atoms with van der Waals surface area (Å²) < 4.78 is 5.34. The van der Waals surface area contributed by atoms with Gasteiger partial charge in [0.15, 0.2) is 0 Å². The molecule has 2 aromatic rings. The topological polar surface area (TPSA) is 87.3 Å². The molecule has 0 saturated carbocycles. The zero-order valence-corrected chi connectivity index (χ0v) is 14.0. The summed E-state index contributed by atoms with van der Waals surface area (Å²) in [5.41, 5.74) is 2.39. The summed E-state index contributed by atoms with van der Waals surface area (Å²) in [4.78, 5) is 34.4. The molecule has 1 saturated heterocycles. The number of morpholine rings is 1. The highest BCUT2D eigenvalue weighted by Crippen LogP contribution is 2.35. The summed E-state index contributed by atoms with van der Waals surface area (Å²) in [6.45, 7) is 4.51. The van der Waals surface area contributed by atoms with E-state index in [1.54, 1.807) is 0 Å². The van der Waals surface area contributed by atoms with Crippen LogP contribution in [0, 0.1) is 6.92 Å². The molecule has 25 heavy (non-hydrogen) atoms. The Kier molecular flexibility index (Phi) is 4.01. The van der Waals surface area contributed by atoms with Crippen LogP contribution in [0.5, 0.6) is 0 Å². The lowest BCUT2D eigenvalue weighted by atomic mass is 9.84. The average molecular weight is 340 g/mol. The van der Waals surface area contributed by atoms with Crippen LogP contribution in [-0.2, 0) is 9.53 Å². The number of carbonyl (C=O) groups is 1. The van der Waals surface area contributed by atoms with Crippen molar-refractivity contribution >= 4 is 17.7 Å². The Morgan fingerprint density at radius 3 is 2.72 bits per heavy atom. The third-order valence-corrected chi connectivity index (χ3v) is 4.81. The molecular weight excluding hydrogens is 320 g/mol. The summed E-state index contributed by atoms with van der Waals surface area (Å²) in [5.74, 6) is 0.458. The van der Waals surface area contributed by atoms with Gasteiger partial charge in [-0.05, 0) is 18.1 Å². The van der Waals surface area contributed by atoms with Crippen LogP contribution < -0.4 is 15.8 Å². The van der Waals surface area contributed by atoms with Crippen LogP contribution in [0.3, 0.4) is 0 Å². The number of ether oxygens (including phenoxy) is 1. The van der Waals surface area contributed by atoms with Gasteiger partial charge in [0.05, 0.1) is 18.8 Å². The van der Waals surface area contributed by atoms with Crippen LogP contribution in [0.2, 0.25) is 0 Å². The molecule has 0 unspecified atom stereocenters. The van der Waals surface area contributed by atoms with Gasteiger partial charge < -0.3 is 15.0 Å². The van der Waals surface area contributed by atoms with E-state index in [0.29, 0.717) is 43.6 Å². The first-order chi connectivity index (χ1) is 12.1. The fraction of sp³-hybridized carbons (Fsp3) is 0.389. The van der Waals surface area contributed by atoms with Gasteiger partial charge in [-0.2, -0.15) is 4.98 Å². The average Bonchev–Trinajstić information content (AvgIpc) is 2.62. The zero-order valence-electron chi connectivity index (χ0n) is 14.0. The predicted octanol–water partition coefficient (Wildman–Crippen LogP) is 1.39. The Morgan fingerprint density at radius 2 is 1.96 bits per heavy atom. The molecule has 2 aliphatic heterocycles. The van der Waals surface area contributed by atoms with Crippen molar-refractivity contribution in [3.8, 4) is 0 Å². The lowest BCUT2D eigenvalue weighted by Crippen LogP contribution is -2.40. The molecule has 2 aliphatic rings. The van der Waals surface area contributed by atoms with E-state index in [-0.39, 0.29) is 23.8 Å². The summed E-state index contributed by atoms with van der Waals surface area (Å²) >= 11 is 0. The molecule has 130 valence electrons. The lowest BCUT2D eigenvalue weighted by molar-refractivity contribution is -0.116. The van der Waals surface area contributed by atoms with Gasteiger partial charge >= 0.3 is 0 Å². The Bertz CT molecular complexity index is 871. The zero-order chi connectivity index (χ0) is 17.4. The molecule has 0 spiro atoms. The molecule has 1 aromatic carbocycles. The van der Waals surface area contributed by atoms with Gasteiger partial charge in [-0.3, -0.25) is 14.6 Å². The van der Waals surface area contributed by atoms with E-state index in [2.05, 4.69) is 15.3 Å². The molecule has 0 bridgehead atoms. The highest BCUT2D eigenvalue weighted by Gasteiger charge is 2.32. The van der Waals surface area contributed by atoms with Crippen molar-refractivity contribution in [1.82, 2.24) is 9.97 Å². The summed E-state index contributed by atoms with van der Waals surface area (Å²) in [6.07, 6.45) is 0.250. The van der Waals surface area contributed by atoms with Gasteiger partial charge in [0.1, 0.15) is 5.82 Å². The van der Waals surface area contributed by atoms with Crippen molar-refractivity contribution in [2.45, 2.75) is 19.3 Å². The summed E-state index contributed by atoms with van der Waals surface area (Å²) in [7, 11) is 0. The van der Waals surface area contributed by atoms with Crippen molar-refractivity contribution in [2.24, 2.45) is 0 Å². The molecule has 7 nitrogen and oxygen atoms in total. The number of aromatic nitrogens is 2. The Morgan fingerprint density at radius 1 is 1.20 bits per heavy atom. The SMILES string of the molecule is Cc1ccccc1[C@H]1CC(=O)Nc2nc(N3CCOCC3)[nH]c(=O)c21. The Labute approximate surface area is 145 Å². The first-order valence-electron chi connectivity index (χ1n) is 8.46. The maximum Gasteiger partial charge on any atom is 0.258 e. The molecule has 0 aliphatic carbocycles. The number of hydrogen-bond acceptors (Lipinski definition) is 5. The molecule has 0 radical (unpaired) electrons.